The van der Waals surface area contributed by atoms with Crippen LogP contribution in [0, 0.1) is 5.82 Å². The van der Waals surface area contributed by atoms with E-state index in [-0.39, 0.29) is 22.1 Å². The second-order valence-corrected chi connectivity index (χ2v) is 3.63. The van der Waals surface area contributed by atoms with Crippen LogP contribution in [0.4, 0.5) is 4.39 Å². The second kappa shape index (κ2) is 4.47. The Morgan fingerprint density at radius 2 is 2.12 bits per heavy atom. The molecule has 2 aromatic rings. The Labute approximate surface area is 101 Å². The normalized spacial score (nSPS) is 10.2. The topological polar surface area (TPSA) is 63.1 Å². The number of hydrogen-bond donors (Lipinski definition) is 1. The number of carbonyl (C=O) groups is 1. The van der Waals surface area contributed by atoms with Crippen LogP contribution in [0.2, 0.25) is 5.02 Å². The first-order valence-electron chi connectivity index (χ1n) is 4.59. The van der Waals surface area contributed by atoms with E-state index in [9.17, 15) is 9.18 Å². The average Bonchev–Trinajstić information content (AvgIpc) is 2.29. The third kappa shape index (κ3) is 2.39. The Bertz CT molecular complexity index is 589. The van der Waals surface area contributed by atoms with E-state index in [1.807, 2.05) is 0 Å². The molecule has 0 amide bonds. The Balaban J connectivity index is 2.53. The Kier molecular flexibility index (Phi) is 3.01. The van der Waals surface area contributed by atoms with Gasteiger partial charge in [-0.2, -0.15) is 0 Å². The first-order chi connectivity index (χ1) is 8.08. The fourth-order valence-corrected chi connectivity index (χ4v) is 1.47. The minimum absolute atomic E-state index is 0.180. The van der Waals surface area contributed by atoms with Crippen LogP contribution >= 0.6 is 11.6 Å². The van der Waals surface area contributed by atoms with Crippen molar-refractivity contribution in [3.8, 4) is 11.3 Å². The SMILES string of the molecule is O=C(O)c1nccc(-c2ccc(Cl)cc2F)n1. The second-order valence-electron chi connectivity index (χ2n) is 3.19. The first kappa shape index (κ1) is 11.5. The fraction of sp³-hybridized carbons (Fsp3) is 0. The molecule has 0 radical (unpaired) electrons. The summed E-state index contributed by atoms with van der Waals surface area (Å²) in [5.74, 6) is -2.20. The molecule has 0 spiro atoms. The molecular weight excluding hydrogens is 247 g/mol. The zero-order chi connectivity index (χ0) is 12.4. The Hall–Kier alpha value is -2.01. The summed E-state index contributed by atoms with van der Waals surface area (Å²) in [7, 11) is 0. The summed E-state index contributed by atoms with van der Waals surface area (Å²) in [5, 5.41) is 8.99. The molecule has 4 nitrogen and oxygen atoms in total. The van der Waals surface area contributed by atoms with Gasteiger partial charge in [0.25, 0.3) is 0 Å². The standard InChI is InChI=1S/C11H6ClFN2O2/c12-6-1-2-7(8(13)5-6)9-3-4-14-10(15-9)11(16)17/h1-5H,(H,16,17). The minimum atomic E-state index is -1.26. The molecule has 0 fully saturated rings. The van der Waals surface area contributed by atoms with Gasteiger partial charge in [0.15, 0.2) is 0 Å². The predicted molar refractivity (Wildman–Crippen MR) is 59.4 cm³/mol. The highest BCUT2D eigenvalue weighted by Gasteiger charge is 2.11. The van der Waals surface area contributed by atoms with Crippen molar-refractivity contribution in [2.75, 3.05) is 0 Å². The molecule has 6 heteroatoms. The van der Waals surface area contributed by atoms with Crippen molar-refractivity contribution in [1.29, 1.82) is 0 Å². The van der Waals surface area contributed by atoms with Crippen molar-refractivity contribution in [2.45, 2.75) is 0 Å². The van der Waals surface area contributed by atoms with Gasteiger partial charge >= 0.3 is 5.97 Å². The molecule has 1 heterocycles. The van der Waals surface area contributed by atoms with E-state index in [1.165, 1.54) is 24.4 Å². The van der Waals surface area contributed by atoms with Crippen molar-refractivity contribution in [3.63, 3.8) is 0 Å². The number of rotatable bonds is 2. The summed E-state index contributed by atoms with van der Waals surface area (Å²) in [6, 6.07) is 5.51. The number of aromatic nitrogens is 2. The average molecular weight is 253 g/mol. The first-order valence-corrected chi connectivity index (χ1v) is 4.97. The van der Waals surface area contributed by atoms with E-state index in [0.717, 1.165) is 6.07 Å². The highest BCUT2D eigenvalue weighted by atomic mass is 35.5. The van der Waals surface area contributed by atoms with Crippen molar-refractivity contribution in [2.24, 2.45) is 0 Å². The fourth-order valence-electron chi connectivity index (χ4n) is 1.31. The van der Waals surface area contributed by atoms with E-state index < -0.39 is 11.8 Å². The molecule has 1 N–H and O–H groups in total. The highest BCUT2D eigenvalue weighted by molar-refractivity contribution is 6.30. The summed E-state index contributed by atoms with van der Waals surface area (Å²) in [6.45, 7) is 0. The number of benzene rings is 1. The summed E-state index contributed by atoms with van der Waals surface area (Å²) in [4.78, 5) is 18.0. The van der Waals surface area contributed by atoms with E-state index in [4.69, 9.17) is 16.7 Å². The quantitative estimate of drug-likeness (QED) is 0.892. The van der Waals surface area contributed by atoms with Crippen LogP contribution in [0.15, 0.2) is 30.5 Å². The van der Waals surface area contributed by atoms with Crippen molar-refractivity contribution < 1.29 is 14.3 Å². The summed E-state index contributed by atoms with van der Waals surface area (Å²) in [5.41, 5.74) is 0.380. The lowest BCUT2D eigenvalue weighted by atomic mass is 10.1. The van der Waals surface area contributed by atoms with Crippen LogP contribution in [0.5, 0.6) is 0 Å². The molecule has 0 atom stereocenters. The molecule has 0 unspecified atom stereocenters. The number of nitrogens with zero attached hydrogens (tertiary/aromatic N) is 2. The number of halogens is 2. The van der Waals surface area contributed by atoms with Crippen LogP contribution in [-0.2, 0) is 0 Å². The number of carboxylic acids is 1. The number of aromatic carboxylic acids is 1. The van der Waals surface area contributed by atoms with E-state index >= 15 is 0 Å². The summed E-state index contributed by atoms with van der Waals surface area (Å²) in [6.07, 6.45) is 1.26. The molecule has 17 heavy (non-hydrogen) atoms. The zero-order valence-electron chi connectivity index (χ0n) is 8.39. The molecule has 0 bridgehead atoms. The monoisotopic (exact) mass is 252 g/mol. The molecule has 1 aromatic heterocycles. The highest BCUT2D eigenvalue weighted by Crippen LogP contribution is 2.23. The van der Waals surface area contributed by atoms with E-state index in [2.05, 4.69) is 9.97 Å². The zero-order valence-corrected chi connectivity index (χ0v) is 9.15. The van der Waals surface area contributed by atoms with Gasteiger partial charge in [-0.15, -0.1) is 0 Å². The maximum atomic E-state index is 13.6. The molecule has 0 saturated heterocycles. The molecule has 0 aliphatic carbocycles. The molecule has 0 saturated carbocycles. The Morgan fingerprint density at radius 3 is 2.76 bits per heavy atom. The van der Waals surface area contributed by atoms with E-state index in [1.54, 1.807) is 0 Å². The van der Waals surface area contributed by atoms with Gasteiger partial charge in [0, 0.05) is 16.8 Å². The van der Waals surface area contributed by atoms with Gasteiger partial charge in [-0.25, -0.2) is 19.2 Å². The molecule has 2 rings (SSSR count). The van der Waals surface area contributed by atoms with Crippen LogP contribution in [0.1, 0.15) is 10.6 Å². The van der Waals surface area contributed by atoms with Gasteiger partial charge in [-0.1, -0.05) is 11.6 Å². The van der Waals surface area contributed by atoms with Crippen molar-refractivity contribution in [1.82, 2.24) is 9.97 Å². The molecule has 1 aromatic carbocycles. The lowest BCUT2D eigenvalue weighted by molar-refractivity contribution is 0.0683. The number of hydrogen-bond acceptors (Lipinski definition) is 3. The lowest BCUT2D eigenvalue weighted by Crippen LogP contribution is -2.04. The molecular formula is C11H6ClFN2O2. The van der Waals surface area contributed by atoms with Gasteiger partial charge in [0.2, 0.25) is 5.82 Å². The Morgan fingerprint density at radius 1 is 1.35 bits per heavy atom. The molecule has 86 valence electrons. The lowest BCUT2D eigenvalue weighted by Gasteiger charge is -2.03. The molecule has 0 aliphatic rings. The third-order valence-electron chi connectivity index (χ3n) is 2.05. The summed E-state index contributed by atoms with van der Waals surface area (Å²) >= 11 is 5.62. The van der Waals surface area contributed by atoms with Gasteiger partial charge < -0.3 is 5.11 Å². The van der Waals surface area contributed by atoms with Gasteiger partial charge in [-0.05, 0) is 24.3 Å². The largest absolute Gasteiger partial charge is 0.475 e. The van der Waals surface area contributed by atoms with Gasteiger partial charge in [-0.3, -0.25) is 0 Å². The smallest absolute Gasteiger partial charge is 0.373 e. The van der Waals surface area contributed by atoms with Crippen LogP contribution in [0.3, 0.4) is 0 Å². The van der Waals surface area contributed by atoms with Crippen LogP contribution in [-0.4, -0.2) is 21.0 Å². The van der Waals surface area contributed by atoms with Gasteiger partial charge in [0.1, 0.15) is 5.82 Å². The van der Waals surface area contributed by atoms with Crippen LogP contribution < -0.4 is 0 Å². The van der Waals surface area contributed by atoms with E-state index in [0.29, 0.717) is 0 Å². The van der Waals surface area contributed by atoms with Crippen molar-refractivity contribution >= 4 is 17.6 Å². The molecule has 0 aliphatic heterocycles. The predicted octanol–water partition coefficient (Wildman–Crippen LogP) is 2.63. The number of carboxylic acid groups (broad SMARTS) is 1. The third-order valence-corrected chi connectivity index (χ3v) is 2.29. The maximum Gasteiger partial charge on any atom is 0.373 e. The maximum absolute atomic E-state index is 13.6. The van der Waals surface area contributed by atoms with Crippen molar-refractivity contribution in [3.05, 3.63) is 47.1 Å². The van der Waals surface area contributed by atoms with Gasteiger partial charge in [0.05, 0.1) is 5.69 Å². The minimum Gasteiger partial charge on any atom is -0.475 e. The summed E-state index contributed by atoms with van der Waals surface area (Å²) < 4.78 is 13.6. The van der Waals surface area contributed by atoms with Crippen LogP contribution in [0.25, 0.3) is 11.3 Å².